The molecular weight excluding hydrogens is 426 g/mol. The van der Waals surface area contributed by atoms with Crippen molar-refractivity contribution < 1.29 is 19.4 Å². The van der Waals surface area contributed by atoms with Gasteiger partial charge in [-0.05, 0) is 57.4 Å². The first-order valence-corrected chi connectivity index (χ1v) is 10.4. The molecule has 2 amide bonds. The first-order chi connectivity index (χ1) is 13.1. The summed E-state index contributed by atoms with van der Waals surface area (Å²) < 4.78 is 6.55. The smallest absolute Gasteiger partial charge is 0.410 e. The zero-order valence-corrected chi connectivity index (χ0v) is 18.5. The average molecular weight is 454 g/mol. The van der Waals surface area contributed by atoms with E-state index < -0.39 is 11.7 Å². The van der Waals surface area contributed by atoms with E-state index in [9.17, 15) is 14.7 Å². The van der Waals surface area contributed by atoms with Gasteiger partial charge in [0.25, 0.3) is 0 Å². The van der Waals surface area contributed by atoms with Crippen LogP contribution in [0.5, 0.6) is 0 Å². The molecule has 1 saturated heterocycles. The van der Waals surface area contributed by atoms with Gasteiger partial charge in [-0.3, -0.25) is 0 Å². The van der Waals surface area contributed by atoms with Gasteiger partial charge in [0.1, 0.15) is 5.60 Å². The molecule has 28 heavy (non-hydrogen) atoms. The normalized spacial score (nSPS) is 20.0. The van der Waals surface area contributed by atoms with Crippen LogP contribution in [0.1, 0.15) is 38.8 Å². The number of amides is 2. The summed E-state index contributed by atoms with van der Waals surface area (Å²) >= 11 is 3.61. The molecule has 1 fully saturated rings. The van der Waals surface area contributed by atoms with E-state index in [1.807, 2.05) is 39.8 Å². The van der Waals surface area contributed by atoms with Crippen LogP contribution in [0.15, 0.2) is 16.6 Å². The van der Waals surface area contributed by atoms with Crippen molar-refractivity contribution in [2.45, 2.75) is 52.3 Å². The van der Waals surface area contributed by atoms with E-state index in [1.165, 1.54) is 10.5 Å². The number of ether oxygens (including phenoxy) is 1. The third-order valence-electron chi connectivity index (χ3n) is 5.20. The van der Waals surface area contributed by atoms with Crippen LogP contribution in [-0.2, 0) is 17.7 Å². The third kappa shape index (κ3) is 4.37. The molecule has 0 aromatic heterocycles. The van der Waals surface area contributed by atoms with Gasteiger partial charge in [-0.25, -0.2) is 9.59 Å². The number of anilines is 1. The monoisotopic (exact) mass is 453 g/mol. The summed E-state index contributed by atoms with van der Waals surface area (Å²) in [6.07, 6.45) is -0.474. The SMILES string of the molecule is C[C@@H]1CN(c2ccc(Br)c3c2CN(C(=O)O)CC3)CCN1C(=O)OC(C)(C)C. The van der Waals surface area contributed by atoms with Gasteiger partial charge >= 0.3 is 12.2 Å². The second kappa shape index (κ2) is 7.81. The van der Waals surface area contributed by atoms with Crippen LogP contribution in [0, 0.1) is 0 Å². The standard InChI is InChI=1S/C20H28BrN3O4/c1-13-11-22(9-10-24(13)19(27)28-20(2,3)4)17-6-5-16(21)14-7-8-23(18(25)26)12-15(14)17/h5-6,13H,7-12H2,1-4H3,(H,25,26)/t13-/m1/s1. The summed E-state index contributed by atoms with van der Waals surface area (Å²) in [5.74, 6) is 0. The second-order valence-corrected chi connectivity index (χ2v) is 9.30. The van der Waals surface area contributed by atoms with E-state index in [2.05, 4.69) is 20.8 Å². The lowest BCUT2D eigenvalue weighted by molar-refractivity contribution is 0.0158. The molecule has 2 aliphatic rings. The van der Waals surface area contributed by atoms with Crippen molar-refractivity contribution in [1.29, 1.82) is 0 Å². The summed E-state index contributed by atoms with van der Waals surface area (Å²) in [6.45, 7) is 10.5. The quantitative estimate of drug-likeness (QED) is 0.696. The van der Waals surface area contributed by atoms with Gasteiger partial charge in [0.05, 0.1) is 6.54 Å². The van der Waals surface area contributed by atoms with Crippen LogP contribution in [0.3, 0.4) is 0 Å². The lowest BCUT2D eigenvalue weighted by Crippen LogP contribution is -2.55. The molecule has 0 aliphatic carbocycles. The summed E-state index contributed by atoms with van der Waals surface area (Å²) in [6, 6.07) is 4.08. The molecule has 7 nitrogen and oxygen atoms in total. The molecule has 154 valence electrons. The van der Waals surface area contributed by atoms with Gasteiger partial charge in [0.15, 0.2) is 0 Å². The number of benzene rings is 1. The van der Waals surface area contributed by atoms with E-state index in [4.69, 9.17) is 4.74 Å². The fourth-order valence-corrected chi connectivity index (χ4v) is 4.41. The molecule has 0 spiro atoms. The zero-order valence-electron chi connectivity index (χ0n) is 16.9. The minimum absolute atomic E-state index is 0.00191. The maximum Gasteiger partial charge on any atom is 0.410 e. The Hall–Kier alpha value is -1.96. The number of carbonyl (C=O) groups is 2. The Balaban J connectivity index is 1.79. The van der Waals surface area contributed by atoms with Gasteiger partial charge in [-0.15, -0.1) is 0 Å². The highest BCUT2D eigenvalue weighted by Crippen LogP contribution is 2.35. The van der Waals surface area contributed by atoms with Crippen LogP contribution >= 0.6 is 15.9 Å². The molecule has 0 radical (unpaired) electrons. The first-order valence-electron chi connectivity index (χ1n) is 9.59. The molecule has 1 atom stereocenters. The number of hydrogen-bond donors (Lipinski definition) is 1. The number of nitrogens with zero attached hydrogens (tertiary/aromatic N) is 3. The summed E-state index contributed by atoms with van der Waals surface area (Å²) in [4.78, 5) is 29.4. The van der Waals surface area contributed by atoms with Crippen LogP contribution in [0.25, 0.3) is 0 Å². The van der Waals surface area contributed by atoms with Crippen LogP contribution in [-0.4, -0.2) is 64.9 Å². The summed E-state index contributed by atoms with van der Waals surface area (Å²) in [7, 11) is 0. The number of hydrogen-bond acceptors (Lipinski definition) is 4. The molecule has 3 rings (SSSR count). The first kappa shape index (κ1) is 20.8. The largest absolute Gasteiger partial charge is 0.465 e. The Bertz CT molecular complexity index is 777. The fourth-order valence-electron chi connectivity index (χ4n) is 3.84. The summed E-state index contributed by atoms with van der Waals surface area (Å²) in [5.41, 5.74) is 2.77. The van der Waals surface area contributed by atoms with Crippen molar-refractivity contribution >= 4 is 33.8 Å². The van der Waals surface area contributed by atoms with Gasteiger partial charge in [-0.1, -0.05) is 15.9 Å². The molecule has 8 heteroatoms. The highest BCUT2D eigenvalue weighted by Gasteiger charge is 2.33. The minimum Gasteiger partial charge on any atom is -0.465 e. The molecule has 0 bridgehead atoms. The van der Waals surface area contributed by atoms with Crippen LogP contribution in [0.4, 0.5) is 15.3 Å². The predicted octanol–water partition coefficient (Wildman–Crippen LogP) is 3.93. The van der Waals surface area contributed by atoms with Gasteiger partial charge in [0, 0.05) is 42.4 Å². The van der Waals surface area contributed by atoms with Crippen molar-refractivity contribution in [3.63, 3.8) is 0 Å². The number of piperazine rings is 1. The van der Waals surface area contributed by atoms with Crippen molar-refractivity contribution in [1.82, 2.24) is 9.80 Å². The lowest BCUT2D eigenvalue weighted by atomic mass is 9.97. The van der Waals surface area contributed by atoms with E-state index in [1.54, 1.807) is 4.90 Å². The number of halogens is 1. The maximum atomic E-state index is 12.5. The Labute approximate surface area is 174 Å². The number of rotatable bonds is 1. The van der Waals surface area contributed by atoms with Crippen molar-refractivity contribution in [3.05, 3.63) is 27.7 Å². The van der Waals surface area contributed by atoms with Crippen molar-refractivity contribution in [2.75, 3.05) is 31.1 Å². The Morgan fingerprint density at radius 2 is 1.89 bits per heavy atom. The van der Waals surface area contributed by atoms with E-state index in [-0.39, 0.29) is 12.1 Å². The van der Waals surface area contributed by atoms with E-state index in [0.29, 0.717) is 39.1 Å². The van der Waals surface area contributed by atoms with Crippen molar-refractivity contribution in [3.8, 4) is 0 Å². The van der Waals surface area contributed by atoms with Gasteiger partial charge < -0.3 is 24.5 Å². The Kier molecular flexibility index (Phi) is 5.79. The van der Waals surface area contributed by atoms with Crippen molar-refractivity contribution in [2.24, 2.45) is 0 Å². The van der Waals surface area contributed by atoms with E-state index >= 15 is 0 Å². The Morgan fingerprint density at radius 3 is 2.50 bits per heavy atom. The van der Waals surface area contributed by atoms with Gasteiger partial charge in [0.2, 0.25) is 0 Å². The Morgan fingerprint density at radius 1 is 1.18 bits per heavy atom. The average Bonchev–Trinajstić information content (AvgIpc) is 2.60. The van der Waals surface area contributed by atoms with Gasteiger partial charge in [-0.2, -0.15) is 0 Å². The number of carbonyl (C=O) groups excluding carboxylic acids is 1. The second-order valence-electron chi connectivity index (χ2n) is 8.45. The molecule has 1 N–H and O–H groups in total. The predicted molar refractivity (Wildman–Crippen MR) is 111 cm³/mol. The third-order valence-corrected chi connectivity index (χ3v) is 5.94. The topological polar surface area (TPSA) is 73.3 Å². The molecule has 0 saturated carbocycles. The summed E-state index contributed by atoms with van der Waals surface area (Å²) in [5, 5.41) is 9.41. The highest BCUT2D eigenvalue weighted by molar-refractivity contribution is 9.10. The van der Waals surface area contributed by atoms with Crippen LogP contribution < -0.4 is 4.90 Å². The van der Waals surface area contributed by atoms with E-state index in [0.717, 1.165) is 15.7 Å². The molecule has 1 aromatic rings. The lowest BCUT2D eigenvalue weighted by Gasteiger charge is -2.42. The molecule has 0 unspecified atom stereocenters. The van der Waals surface area contributed by atoms with Crippen LogP contribution in [0.2, 0.25) is 0 Å². The molecule has 2 heterocycles. The fraction of sp³-hybridized carbons (Fsp3) is 0.600. The molecular formula is C20H28BrN3O4. The number of fused-ring (bicyclic) bond motifs is 1. The maximum absolute atomic E-state index is 12.5. The minimum atomic E-state index is -0.889. The zero-order chi connectivity index (χ0) is 20.6. The molecule has 1 aromatic carbocycles. The highest BCUT2D eigenvalue weighted by atomic mass is 79.9. The number of carboxylic acid groups (broad SMARTS) is 1. The molecule has 2 aliphatic heterocycles.